The maximum atomic E-state index is 12.7. The summed E-state index contributed by atoms with van der Waals surface area (Å²) >= 11 is 0. The molecule has 3 aromatic rings. The van der Waals surface area contributed by atoms with Gasteiger partial charge >= 0.3 is 0 Å². The fourth-order valence-electron chi connectivity index (χ4n) is 3.45. The lowest BCUT2D eigenvalue weighted by Gasteiger charge is -2.32. The van der Waals surface area contributed by atoms with Gasteiger partial charge in [0, 0.05) is 43.8 Å². The largest absolute Gasteiger partial charge is 0.391 e. The summed E-state index contributed by atoms with van der Waals surface area (Å²) in [4.78, 5) is 27.8. The number of β-amino-alcohol motifs (C(OH)–C–C–N with tert-alkyl or cyclic N) is 1. The van der Waals surface area contributed by atoms with Gasteiger partial charge in [0.15, 0.2) is 0 Å². The molecule has 1 aliphatic heterocycles. The van der Waals surface area contributed by atoms with Gasteiger partial charge in [0.05, 0.1) is 17.2 Å². The number of para-hydroxylation sites is 1. The molecule has 3 heterocycles. The van der Waals surface area contributed by atoms with Crippen LogP contribution >= 0.6 is 0 Å². The molecule has 7 heteroatoms. The van der Waals surface area contributed by atoms with E-state index in [1.165, 1.54) is 0 Å². The Morgan fingerprint density at radius 3 is 2.93 bits per heavy atom. The van der Waals surface area contributed by atoms with Crippen LogP contribution in [0.3, 0.4) is 0 Å². The average molecular weight is 363 g/mol. The Hall–Kier alpha value is -3.06. The number of rotatable bonds is 4. The summed E-state index contributed by atoms with van der Waals surface area (Å²) < 4.78 is 0. The summed E-state index contributed by atoms with van der Waals surface area (Å²) in [5.74, 6) is 0.615. The number of nitrogens with one attached hydrogen (secondary N) is 1. The summed E-state index contributed by atoms with van der Waals surface area (Å²) in [6.45, 7) is 1.77. The third-order valence-corrected chi connectivity index (χ3v) is 4.75. The fraction of sp³-hybridized carbons (Fsp3) is 0.300. The first kappa shape index (κ1) is 17.4. The standard InChI is InChI=1S/C20H21N5O2/c26-15-5-3-11-25(13-15)19-14(4-2-8-23-19)12-24-20(27)16-6-1-7-17-18(16)22-10-9-21-17/h1-2,4,6-10,15,26H,3,5,11-13H2,(H,24,27)/t15-/m1/s1. The highest BCUT2D eigenvalue weighted by atomic mass is 16.3. The molecule has 0 aliphatic carbocycles. The van der Waals surface area contributed by atoms with E-state index in [1.54, 1.807) is 30.7 Å². The second kappa shape index (κ2) is 7.67. The van der Waals surface area contributed by atoms with E-state index in [4.69, 9.17) is 0 Å². The number of aliphatic hydroxyl groups is 1. The molecule has 1 amide bonds. The zero-order valence-electron chi connectivity index (χ0n) is 14.9. The van der Waals surface area contributed by atoms with Gasteiger partial charge < -0.3 is 15.3 Å². The molecule has 0 bridgehead atoms. The molecule has 1 fully saturated rings. The van der Waals surface area contributed by atoms with Gasteiger partial charge in [-0.15, -0.1) is 0 Å². The number of benzene rings is 1. The molecule has 7 nitrogen and oxygen atoms in total. The first-order chi connectivity index (χ1) is 13.2. The Morgan fingerprint density at radius 2 is 2.04 bits per heavy atom. The number of carbonyl (C=O) groups is 1. The maximum Gasteiger partial charge on any atom is 0.253 e. The lowest BCUT2D eigenvalue weighted by molar-refractivity contribution is 0.0952. The predicted octanol–water partition coefficient (Wildman–Crippen LogP) is 1.92. The van der Waals surface area contributed by atoms with Crippen LogP contribution in [0.4, 0.5) is 5.82 Å². The molecule has 2 aromatic heterocycles. The van der Waals surface area contributed by atoms with Crippen LogP contribution in [0.1, 0.15) is 28.8 Å². The third kappa shape index (κ3) is 3.73. The third-order valence-electron chi connectivity index (χ3n) is 4.75. The summed E-state index contributed by atoms with van der Waals surface area (Å²) in [5, 5.41) is 12.9. The first-order valence-corrected chi connectivity index (χ1v) is 9.07. The average Bonchev–Trinajstić information content (AvgIpc) is 2.72. The number of carbonyl (C=O) groups excluding carboxylic acids is 1. The van der Waals surface area contributed by atoms with Gasteiger partial charge in [0.2, 0.25) is 0 Å². The number of piperidine rings is 1. The second-order valence-corrected chi connectivity index (χ2v) is 6.64. The molecule has 2 N–H and O–H groups in total. The van der Waals surface area contributed by atoms with Crippen molar-refractivity contribution in [2.24, 2.45) is 0 Å². The van der Waals surface area contributed by atoms with Crippen molar-refractivity contribution in [3.63, 3.8) is 0 Å². The minimum Gasteiger partial charge on any atom is -0.391 e. The van der Waals surface area contributed by atoms with Gasteiger partial charge in [-0.05, 0) is 31.0 Å². The van der Waals surface area contributed by atoms with Crippen molar-refractivity contribution in [1.29, 1.82) is 0 Å². The molecule has 4 rings (SSSR count). The number of amides is 1. The van der Waals surface area contributed by atoms with Gasteiger partial charge in [-0.1, -0.05) is 12.1 Å². The molecule has 27 heavy (non-hydrogen) atoms. The van der Waals surface area contributed by atoms with Crippen molar-refractivity contribution in [2.45, 2.75) is 25.5 Å². The van der Waals surface area contributed by atoms with E-state index in [1.807, 2.05) is 18.2 Å². The number of pyridine rings is 1. The highest BCUT2D eigenvalue weighted by molar-refractivity contribution is 6.04. The number of anilines is 1. The Bertz CT molecular complexity index is 957. The molecule has 0 saturated carbocycles. The number of fused-ring (bicyclic) bond motifs is 1. The normalized spacial score (nSPS) is 17.1. The minimum atomic E-state index is -0.336. The molecule has 0 spiro atoms. The van der Waals surface area contributed by atoms with Crippen molar-refractivity contribution in [3.05, 3.63) is 60.0 Å². The Morgan fingerprint density at radius 1 is 1.15 bits per heavy atom. The smallest absolute Gasteiger partial charge is 0.253 e. The molecule has 138 valence electrons. The number of nitrogens with zero attached hydrogens (tertiary/aromatic N) is 4. The number of aromatic nitrogens is 3. The number of hydrogen-bond acceptors (Lipinski definition) is 6. The predicted molar refractivity (Wildman–Crippen MR) is 102 cm³/mol. The second-order valence-electron chi connectivity index (χ2n) is 6.64. The van der Waals surface area contributed by atoms with E-state index < -0.39 is 0 Å². The zero-order chi connectivity index (χ0) is 18.6. The summed E-state index contributed by atoms with van der Waals surface area (Å²) in [6, 6.07) is 9.19. The number of aliphatic hydroxyl groups excluding tert-OH is 1. The van der Waals surface area contributed by atoms with E-state index in [2.05, 4.69) is 25.2 Å². The lowest BCUT2D eigenvalue weighted by atomic mass is 10.1. The van der Waals surface area contributed by atoms with E-state index >= 15 is 0 Å². The van der Waals surface area contributed by atoms with E-state index in [9.17, 15) is 9.90 Å². The van der Waals surface area contributed by atoms with Crippen molar-refractivity contribution in [2.75, 3.05) is 18.0 Å². The van der Waals surface area contributed by atoms with Crippen LogP contribution in [0, 0.1) is 0 Å². The molecular formula is C20H21N5O2. The molecule has 0 unspecified atom stereocenters. The molecule has 1 aliphatic rings. The van der Waals surface area contributed by atoms with Crippen LogP contribution in [0.5, 0.6) is 0 Å². The number of hydrogen-bond donors (Lipinski definition) is 2. The highest BCUT2D eigenvalue weighted by Crippen LogP contribution is 2.22. The Balaban J connectivity index is 1.53. The summed E-state index contributed by atoms with van der Waals surface area (Å²) in [6.07, 6.45) is 6.34. The van der Waals surface area contributed by atoms with Crippen LogP contribution < -0.4 is 10.2 Å². The van der Waals surface area contributed by atoms with Crippen LogP contribution in [0.15, 0.2) is 48.9 Å². The van der Waals surface area contributed by atoms with Gasteiger partial charge in [0.25, 0.3) is 5.91 Å². The summed E-state index contributed by atoms with van der Waals surface area (Å²) in [5.41, 5.74) is 2.70. The Labute approximate surface area is 157 Å². The van der Waals surface area contributed by atoms with Crippen LogP contribution in [0.25, 0.3) is 11.0 Å². The summed E-state index contributed by atoms with van der Waals surface area (Å²) in [7, 11) is 0. The van der Waals surface area contributed by atoms with Gasteiger partial charge in [-0.3, -0.25) is 14.8 Å². The maximum absolute atomic E-state index is 12.7. The van der Waals surface area contributed by atoms with Crippen molar-refractivity contribution < 1.29 is 9.90 Å². The lowest BCUT2D eigenvalue weighted by Crippen LogP contribution is -2.39. The monoisotopic (exact) mass is 363 g/mol. The highest BCUT2D eigenvalue weighted by Gasteiger charge is 2.21. The zero-order valence-corrected chi connectivity index (χ0v) is 14.9. The van der Waals surface area contributed by atoms with E-state index in [0.717, 1.165) is 30.8 Å². The quantitative estimate of drug-likeness (QED) is 0.736. The SMILES string of the molecule is O=C(NCc1cccnc1N1CCC[C@@H](O)C1)c1cccc2nccnc12. The first-order valence-electron chi connectivity index (χ1n) is 9.07. The Kier molecular flexibility index (Phi) is 4.93. The molecular weight excluding hydrogens is 342 g/mol. The van der Waals surface area contributed by atoms with E-state index in [0.29, 0.717) is 29.7 Å². The molecule has 0 radical (unpaired) electrons. The fourth-order valence-corrected chi connectivity index (χ4v) is 3.45. The van der Waals surface area contributed by atoms with Crippen molar-refractivity contribution in [3.8, 4) is 0 Å². The van der Waals surface area contributed by atoms with Gasteiger partial charge in [-0.25, -0.2) is 4.98 Å². The molecule has 1 atom stereocenters. The van der Waals surface area contributed by atoms with Crippen LogP contribution in [-0.4, -0.2) is 45.2 Å². The van der Waals surface area contributed by atoms with Crippen LogP contribution in [-0.2, 0) is 6.54 Å². The van der Waals surface area contributed by atoms with Crippen LogP contribution in [0.2, 0.25) is 0 Å². The minimum absolute atomic E-state index is 0.199. The van der Waals surface area contributed by atoms with Gasteiger partial charge in [-0.2, -0.15) is 0 Å². The topological polar surface area (TPSA) is 91.2 Å². The molecule has 1 saturated heterocycles. The van der Waals surface area contributed by atoms with E-state index in [-0.39, 0.29) is 12.0 Å². The van der Waals surface area contributed by atoms with Crippen molar-refractivity contribution >= 4 is 22.8 Å². The van der Waals surface area contributed by atoms with Gasteiger partial charge in [0.1, 0.15) is 11.3 Å². The van der Waals surface area contributed by atoms with Crippen molar-refractivity contribution in [1.82, 2.24) is 20.3 Å². The molecule has 1 aromatic carbocycles.